The second-order valence-corrected chi connectivity index (χ2v) is 6.63. The van der Waals surface area contributed by atoms with Crippen LogP contribution in [0.4, 0.5) is 20.7 Å². The van der Waals surface area contributed by atoms with Gasteiger partial charge in [0.15, 0.2) is 0 Å². The number of cyclic esters (lactones) is 1. The lowest BCUT2D eigenvalue weighted by molar-refractivity contribution is -0.120. The molecule has 1 atom stereocenters. The maximum absolute atomic E-state index is 14.7. The molecule has 3 rings (SSSR count). The molecule has 1 aliphatic rings. The Kier molecular flexibility index (Phi) is 6.58. The average Bonchev–Trinajstić information content (AvgIpc) is 3.08. The van der Waals surface area contributed by atoms with Crippen molar-refractivity contribution in [3.63, 3.8) is 0 Å². The molecule has 0 bridgehead atoms. The minimum Gasteiger partial charge on any atom is -0.442 e. The van der Waals surface area contributed by atoms with Crippen molar-refractivity contribution in [1.29, 1.82) is 0 Å². The van der Waals surface area contributed by atoms with Crippen molar-refractivity contribution in [2.24, 2.45) is 0 Å². The summed E-state index contributed by atoms with van der Waals surface area (Å²) in [5.41, 5.74) is 1.16. The molecule has 2 heterocycles. The fourth-order valence-corrected chi connectivity index (χ4v) is 2.94. The standard InChI is InChI=1S/C20H21FN4O5/c1-12(26)22-9-15-10-25(20(28)30-15)14-4-5-16(17(21)7-14)13-3-6-18(23-8-13)24-19(27)11-29-2/h3-8,15H,9-11H2,1-2H3,(H,22,26)(H,23,24,27)/t15-/m0/s1. The largest absolute Gasteiger partial charge is 0.442 e. The van der Waals surface area contributed by atoms with E-state index >= 15 is 0 Å². The lowest BCUT2D eigenvalue weighted by Crippen LogP contribution is -2.33. The number of aromatic nitrogens is 1. The Morgan fingerprint density at radius 2 is 2.13 bits per heavy atom. The van der Waals surface area contributed by atoms with E-state index in [1.54, 1.807) is 24.3 Å². The molecule has 158 valence electrons. The van der Waals surface area contributed by atoms with E-state index in [4.69, 9.17) is 9.47 Å². The first-order valence-electron chi connectivity index (χ1n) is 9.14. The quantitative estimate of drug-likeness (QED) is 0.714. The highest BCUT2D eigenvalue weighted by Gasteiger charge is 2.32. The Morgan fingerprint density at radius 1 is 1.33 bits per heavy atom. The van der Waals surface area contributed by atoms with Gasteiger partial charge in [0.2, 0.25) is 5.91 Å². The van der Waals surface area contributed by atoms with Gasteiger partial charge in [-0.3, -0.25) is 14.5 Å². The number of amides is 3. The second-order valence-electron chi connectivity index (χ2n) is 6.63. The smallest absolute Gasteiger partial charge is 0.414 e. The van der Waals surface area contributed by atoms with Gasteiger partial charge in [-0.05, 0) is 30.3 Å². The van der Waals surface area contributed by atoms with E-state index in [9.17, 15) is 18.8 Å². The number of halogens is 1. The third-order valence-electron chi connectivity index (χ3n) is 4.33. The van der Waals surface area contributed by atoms with Crippen LogP contribution in [0.5, 0.6) is 0 Å². The maximum atomic E-state index is 14.7. The van der Waals surface area contributed by atoms with Crippen LogP contribution in [-0.4, -0.2) is 55.8 Å². The van der Waals surface area contributed by atoms with Gasteiger partial charge in [0.1, 0.15) is 24.3 Å². The molecule has 1 aliphatic heterocycles. The van der Waals surface area contributed by atoms with Gasteiger partial charge in [-0.25, -0.2) is 14.2 Å². The first-order chi connectivity index (χ1) is 14.4. The summed E-state index contributed by atoms with van der Waals surface area (Å²) in [6.07, 6.45) is 0.332. The Morgan fingerprint density at radius 3 is 2.77 bits per heavy atom. The fraction of sp³-hybridized carbons (Fsp3) is 0.300. The van der Waals surface area contributed by atoms with E-state index < -0.39 is 18.0 Å². The Labute approximate surface area is 172 Å². The Balaban J connectivity index is 1.70. The van der Waals surface area contributed by atoms with Gasteiger partial charge < -0.3 is 20.1 Å². The van der Waals surface area contributed by atoms with Gasteiger partial charge in [0.05, 0.1) is 18.8 Å². The number of carbonyl (C=O) groups is 3. The molecule has 0 spiro atoms. The first kappa shape index (κ1) is 21.2. The van der Waals surface area contributed by atoms with E-state index in [0.29, 0.717) is 22.6 Å². The van der Waals surface area contributed by atoms with Crippen molar-refractivity contribution in [1.82, 2.24) is 10.3 Å². The van der Waals surface area contributed by atoms with E-state index in [-0.39, 0.29) is 31.5 Å². The number of rotatable bonds is 7. The average molecular weight is 416 g/mol. The van der Waals surface area contributed by atoms with Gasteiger partial charge in [0.25, 0.3) is 5.91 Å². The van der Waals surface area contributed by atoms with Crippen LogP contribution in [0.2, 0.25) is 0 Å². The third kappa shape index (κ3) is 5.09. The molecular weight excluding hydrogens is 395 g/mol. The highest BCUT2D eigenvalue weighted by Crippen LogP contribution is 2.29. The number of carbonyl (C=O) groups excluding carboxylic acids is 3. The molecule has 1 saturated heterocycles. The summed E-state index contributed by atoms with van der Waals surface area (Å²) < 4.78 is 24.7. The summed E-state index contributed by atoms with van der Waals surface area (Å²) in [7, 11) is 1.41. The highest BCUT2D eigenvalue weighted by atomic mass is 19.1. The first-order valence-corrected chi connectivity index (χ1v) is 9.14. The van der Waals surface area contributed by atoms with Crippen LogP contribution in [0.15, 0.2) is 36.5 Å². The zero-order chi connectivity index (χ0) is 21.7. The van der Waals surface area contributed by atoms with Crippen LogP contribution in [0.25, 0.3) is 11.1 Å². The highest BCUT2D eigenvalue weighted by molar-refractivity contribution is 5.91. The summed E-state index contributed by atoms with van der Waals surface area (Å²) in [5.74, 6) is -0.785. The predicted octanol–water partition coefficient (Wildman–Crippen LogP) is 1.93. The van der Waals surface area contributed by atoms with Gasteiger partial charge in [-0.2, -0.15) is 0 Å². The lowest BCUT2D eigenvalue weighted by Gasteiger charge is -2.14. The summed E-state index contributed by atoms with van der Waals surface area (Å²) in [6.45, 7) is 1.67. The van der Waals surface area contributed by atoms with E-state index in [1.807, 2.05) is 0 Å². The molecule has 0 aliphatic carbocycles. The Bertz CT molecular complexity index is 951. The molecule has 0 radical (unpaired) electrons. The molecule has 2 aromatic rings. The van der Waals surface area contributed by atoms with Crippen LogP contribution in [0.1, 0.15) is 6.92 Å². The minimum atomic E-state index is -0.602. The Hall–Kier alpha value is -3.53. The molecule has 1 aromatic heterocycles. The lowest BCUT2D eigenvalue weighted by atomic mass is 10.1. The zero-order valence-corrected chi connectivity index (χ0v) is 16.5. The van der Waals surface area contributed by atoms with Crippen LogP contribution >= 0.6 is 0 Å². The van der Waals surface area contributed by atoms with Crippen molar-refractivity contribution < 1.29 is 28.2 Å². The normalized spacial score (nSPS) is 15.6. The number of anilines is 2. The number of nitrogens with one attached hydrogen (secondary N) is 2. The molecule has 0 unspecified atom stereocenters. The van der Waals surface area contributed by atoms with Crippen LogP contribution < -0.4 is 15.5 Å². The second kappa shape index (κ2) is 9.31. The maximum Gasteiger partial charge on any atom is 0.414 e. The number of hydrogen-bond donors (Lipinski definition) is 2. The molecule has 30 heavy (non-hydrogen) atoms. The monoisotopic (exact) mass is 416 g/mol. The summed E-state index contributed by atoms with van der Waals surface area (Å²) in [5, 5.41) is 5.14. The van der Waals surface area contributed by atoms with Crippen molar-refractivity contribution in [2.45, 2.75) is 13.0 Å². The van der Waals surface area contributed by atoms with Gasteiger partial charge in [-0.15, -0.1) is 0 Å². The molecule has 0 saturated carbocycles. The number of nitrogens with zero attached hydrogens (tertiary/aromatic N) is 2. The number of benzene rings is 1. The predicted molar refractivity (Wildman–Crippen MR) is 106 cm³/mol. The van der Waals surface area contributed by atoms with Crippen LogP contribution in [0.3, 0.4) is 0 Å². The molecule has 9 nitrogen and oxygen atoms in total. The molecule has 1 aromatic carbocycles. The molecular formula is C20H21FN4O5. The van der Waals surface area contributed by atoms with Crippen molar-refractivity contribution in [3.05, 3.63) is 42.3 Å². The fourth-order valence-electron chi connectivity index (χ4n) is 2.94. The number of ether oxygens (including phenoxy) is 2. The molecule has 2 N–H and O–H groups in total. The summed E-state index contributed by atoms with van der Waals surface area (Å²) in [6, 6.07) is 7.57. The topological polar surface area (TPSA) is 110 Å². The van der Waals surface area contributed by atoms with Crippen LogP contribution in [0, 0.1) is 5.82 Å². The number of pyridine rings is 1. The molecule has 10 heteroatoms. The zero-order valence-electron chi connectivity index (χ0n) is 16.5. The van der Waals surface area contributed by atoms with Gasteiger partial charge in [-0.1, -0.05) is 0 Å². The summed E-state index contributed by atoms with van der Waals surface area (Å²) >= 11 is 0. The van der Waals surface area contributed by atoms with Crippen molar-refractivity contribution in [2.75, 3.05) is 37.0 Å². The number of methoxy groups -OCH3 is 1. The SMILES string of the molecule is COCC(=O)Nc1ccc(-c2ccc(N3C[C@H](CNC(C)=O)OC3=O)cc2F)cn1. The minimum absolute atomic E-state index is 0.0931. The van der Waals surface area contributed by atoms with Gasteiger partial charge in [0, 0.05) is 31.4 Å². The van der Waals surface area contributed by atoms with Crippen molar-refractivity contribution >= 4 is 29.4 Å². The number of hydrogen-bond acceptors (Lipinski definition) is 6. The molecule has 3 amide bonds. The third-order valence-corrected chi connectivity index (χ3v) is 4.33. The van der Waals surface area contributed by atoms with E-state index in [0.717, 1.165) is 0 Å². The van der Waals surface area contributed by atoms with E-state index in [1.165, 1.54) is 31.2 Å². The van der Waals surface area contributed by atoms with E-state index in [2.05, 4.69) is 15.6 Å². The summed E-state index contributed by atoms with van der Waals surface area (Å²) in [4.78, 5) is 40.0. The van der Waals surface area contributed by atoms with Crippen LogP contribution in [-0.2, 0) is 19.1 Å². The van der Waals surface area contributed by atoms with Crippen molar-refractivity contribution in [3.8, 4) is 11.1 Å². The van der Waals surface area contributed by atoms with Gasteiger partial charge >= 0.3 is 6.09 Å². The molecule has 1 fully saturated rings.